The van der Waals surface area contributed by atoms with Crippen LogP contribution in [0, 0.1) is 5.82 Å². The van der Waals surface area contributed by atoms with Crippen LogP contribution < -0.4 is 5.73 Å². The third kappa shape index (κ3) is 1.97. The summed E-state index contributed by atoms with van der Waals surface area (Å²) in [6.07, 6.45) is -3.95. The fraction of sp³-hybridized carbons (Fsp3) is 0.400. The molecule has 2 unspecified atom stereocenters. The highest BCUT2D eigenvalue weighted by molar-refractivity contribution is 5.38. The van der Waals surface area contributed by atoms with Crippen molar-refractivity contribution >= 4 is 0 Å². The number of hydrogen-bond acceptors (Lipinski definition) is 1. The van der Waals surface area contributed by atoms with Crippen molar-refractivity contribution < 1.29 is 17.6 Å². The zero-order valence-corrected chi connectivity index (χ0v) is 7.68. The lowest BCUT2D eigenvalue weighted by Gasteiger charge is -2.12. The van der Waals surface area contributed by atoms with E-state index in [0.29, 0.717) is 6.42 Å². The lowest BCUT2D eigenvalue weighted by Crippen LogP contribution is -2.11. The van der Waals surface area contributed by atoms with Crippen molar-refractivity contribution in [2.45, 2.75) is 24.6 Å². The molecule has 0 aromatic heterocycles. The van der Waals surface area contributed by atoms with Gasteiger partial charge in [-0.1, -0.05) is 0 Å². The Labute approximate surface area is 83.9 Å². The summed E-state index contributed by atoms with van der Waals surface area (Å²) >= 11 is 0. The van der Waals surface area contributed by atoms with Gasteiger partial charge in [0.2, 0.25) is 0 Å². The van der Waals surface area contributed by atoms with Crippen molar-refractivity contribution in [3.8, 4) is 0 Å². The molecule has 82 valence electrons. The third-order valence-electron chi connectivity index (χ3n) is 2.56. The average molecular weight is 219 g/mol. The first-order chi connectivity index (χ1) is 6.89. The summed E-state index contributed by atoms with van der Waals surface area (Å²) in [5.74, 6) is -1.01. The topological polar surface area (TPSA) is 26.0 Å². The van der Waals surface area contributed by atoms with Crippen molar-refractivity contribution in [2.24, 2.45) is 5.73 Å². The van der Waals surface area contributed by atoms with E-state index >= 15 is 0 Å². The standard InChI is InChI=1S/C10H9F4N/c11-5-1-2-8(10(12,13)14)6(3-5)7-4-9(7)15/h1-3,7,9H,4,15H2. The summed E-state index contributed by atoms with van der Waals surface area (Å²) in [5.41, 5.74) is 4.68. The van der Waals surface area contributed by atoms with Gasteiger partial charge >= 0.3 is 6.18 Å². The van der Waals surface area contributed by atoms with Crippen LogP contribution in [0.5, 0.6) is 0 Å². The molecule has 0 aliphatic heterocycles. The molecule has 1 fully saturated rings. The summed E-state index contributed by atoms with van der Waals surface area (Å²) in [5, 5.41) is 0. The quantitative estimate of drug-likeness (QED) is 0.722. The Kier molecular flexibility index (Phi) is 2.22. The Morgan fingerprint density at radius 1 is 1.27 bits per heavy atom. The molecule has 5 heteroatoms. The monoisotopic (exact) mass is 219 g/mol. The molecule has 0 amide bonds. The number of hydrogen-bond donors (Lipinski definition) is 1. The molecule has 0 radical (unpaired) electrons. The second-order valence-corrected chi connectivity index (χ2v) is 3.74. The van der Waals surface area contributed by atoms with Gasteiger partial charge in [0.1, 0.15) is 5.82 Å². The molecule has 2 rings (SSSR count). The Bertz CT molecular complexity index is 385. The maximum Gasteiger partial charge on any atom is 0.416 e. The minimum atomic E-state index is -4.44. The van der Waals surface area contributed by atoms with Crippen LogP contribution in [-0.2, 0) is 6.18 Å². The smallest absolute Gasteiger partial charge is 0.327 e. The molecular formula is C10H9F4N. The predicted octanol–water partition coefficient (Wildman–Crippen LogP) is 2.66. The number of benzene rings is 1. The second kappa shape index (κ2) is 3.20. The summed E-state index contributed by atoms with van der Waals surface area (Å²) in [6.45, 7) is 0. The summed E-state index contributed by atoms with van der Waals surface area (Å²) in [7, 11) is 0. The van der Waals surface area contributed by atoms with Gasteiger partial charge < -0.3 is 5.73 Å². The van der Waals surface area contributed by atoms with Crippen LogP contribution in [0.4, 0.5) is 17.6 Å². The van der Waals surface area contributed by atoms with Crippen LogP contribution in [0.3, 0.4) is 0 Å². The molecule has 2 atom stereocenters. The van der Waals surface area contributed by atoms with E-state index in [9.17, 15) is 17.6 Å². The minimum absolute atomic E-state index is 0.0185. The highest BCUT2D eigenvalue weighted by Gasteiger charge is 2.42. The molecule has 0 bridgehead atoms. The maximum atomic E-state index is 12.8. The van der Waals surface area contributed by atoms with Crippen molar-refractivity contribution in [1.82, 2.24) is 0 Å². The molecule has 15 heavy (non-hydrogen) atoms. The SMILES string of the molecule is NC1CC1c1cc(F)ccc1C(F)(F)F. The van der Waals surface area contributed by atoms with E-state index in [1.54, 1.807) is 0 Å². The van der Waals surface area contributed by atoms with E-state index in [1.807, 2.05) is 0 Å². The van der Waals surface area contributed by atoms with Crippen LogP contribution in [0.2, 0.25) is 0 Å². The van der Waals surface area contributed by atoms with E-state index in [4.69, 9.17) is 5.73 Å². The van der Waals surface area contributed by atoms with Crippen LogP contribution in [0.1, 0.15) is 23.5 Å². The zero-order chi connectivity index (χ0) is 11.2. The van der Waals surface area contributed by atoms with Gasteiger partial charge in [-0.05, 0) is 30.2 Å². The molecule has 0 spiro atoms. The zero-order valence-electron chi connectivity index (χ0n) is 7.68. The van der Waals surface area contributed by atoms with Crippen LogP contribution in [0.25, 0.3) is 0 Å². The fourth-order valence-corrected chi connectivity index (χ4v) is 1.67. The van der Waals surface area contributed by atoms with E-state index < -0.39 is 17.6 Å². The fourth-order valence-electron chi connectivity index (χ4n) is 1.67. The Morgan fingerprint density at radius 2 is 1.87 bits per heavy atom. The number of halogens is 4. The van der Waals surface area contributed by atoms with Gasteiger partial charge in [0.05, 0.1) is 5.56 Å². The summed E-state index contributed by atoms with van der Waals surface area (Å²) in [4.78, 5) is 0. The van der Waals surface area contributed by atoms with Crippen LogP contribution >= 0.6 is 0 Å². The second-order valence-electron chi connectivity index (χ2n) is 3.74. The van der Waals surface area contributed by atoms with E-state index in [-0.39, 0.29) is 17.5 Å². The van der Waals surface area contributed by atoms with Crippen LogP contribution in [-0.4, -0.2) is 6.04 Å². The Morgan fingerprint density at radius 3 is 2.33 bits per heavy atom. The molecule has 1 saturated carbocycles. The molecule has 1 aromatic carbocycles. The predicted molar refractivity (Wildman–Crippen MR) is 46.7 cm³/mol. The Balaban J connectivity index is 2.45. The van der Waals surface area contributed by atoms with Crippen LogP contribution in [0.15, 0.2) is 18.2 Å². The average Bonchev–Trinajstić information content (AvgIpc) is 2.80. The maximum absolute atomic E-state index is 12.8. The first kappa shape index (κ1) is 10.4. The van der Waals surface area contributed by atoms with E-state index in [2.05, 4.69) is 0 Å². The molecule has 2 N–H and O–H groups in total. The van der Waals surface area contributed by atoms with E-state index in [0.717, 1.165) is 18.2 Å². The first-order valence-electron chi connectivity index (χ1n) is 4.52. The highest BCUT2D eigenvalue weighted by atomic mass is 19.4. The van der Waals surface area contributed by atoms with Gasteiger partial charge in [-0.2, -0.15) is 13.2 Å². The molecular weight excluding hydrogens is 210 g/mol. The number of nitrogens with two attached hydrogens (primary N) is 1. The van der Waals surface area contributed by atoms with Crippen molar-refractivity contribution in [1.29, 1.82) is 0 Å². The van der Waals surface area contributed by atoms with Gasteiger partial charge in [-0.25, -0.2) is 4.39 Å². The molecule has 1 nitrogen and oxygen atoms in total. The van der Waals surface area contributed by atoms with Crippen molar-refractivity contribution in [3.05, 3.63) is 35.1 Å². The molecule has 1 aliphatic rings. The van der Waals surface area contributed by atoms with Gasteiger partial charge in [0.15, 0.2) is 0 Å². The lowest BCUT2D eigenvalue weighted by molar-refractivity contribution is -0.138. The highest BCUT2D eigenvalue weighted by Crippen LogP contribution is 2.45. The Hall–Kier alpha value is -1.10. The minimum Gasteiger partial charge on any atom is -0.327 e. The summed E-state index contributed by atoms with van der Waals surface area (Å²) in [6, 6.07) is 2.25. The largest absolute Gasteiger partial charge is 0.416 e. The van der Waals surface area contributed by atoms with Crippen molar-refractivity contribution in [2.75, 3.05) is 0 Å². The third-order valence-corrected chi connectivity index (χ3v) is 2.56. The normalized spacial score (nSPS) is 25.4. The molecule has 1 aromatic rings. The van der Waals surface area contributed by atoms with Gasteiger partial charge in [-0.3, -0.25) is 0 Å². The van der Waals surface area contributed by atoms with Gasteiger partial charge in [0, 0.05) is 12.0 Å². The van der Waals surface area contributed by atoms with E-state index in [1.165, 1.54) is 0 Å². The van der Waals surface area contributed by atoms with Gasteiger partial charge in [0.25, 0.3) is 0 Å². The van der Waals surface area contributed by atoms with Gasteiger partial charge in [-0.15, -0.1) is 0 Å². The number of alkyl halides is 3. The molecule has 1 aliphatic carbocycles. The number of rotatable bonds is 1. The molecule has 0 saturated heterocycles. The first-order valence-corrected chi connectivity index (χ1v) is 4.52. The molecule has 0 heterocycles. The van der Waals surface area contributed by atoms with Crippen molar-refractivity contribution in [3.63, 3.8) is 0 Å². The summed E-state index contributed by atoms with van der Waals surface area (Å²) < 4.78 is 50.4. The lowest BCUT2D eigenvalue weighted by atomic mass is 10.0.